The summed E-state index contributed by atoms with van der Waals surface area (Å²) < 4.78 is 0. The van der Waals surface area contributed by atoms with Crippen molar-refractivity contribution < 1.29 is 14.8 Å². The van der Waals surface area contributed by atoms with Gasteiger partial charge in [-0.2, -0.15) is 0 Å². The Bertz CT molecular complexity index is 595. The van der Waals surface area contributed by atoms with E-state index in [2.05, 4.69) is 0 Å². The molecule has 1 saturated heterocycles. The number of carbonyl (C=O) groups excluding carboxylic acids is 1. The van der Waals surface area contributed by atoms with Crippen LogP contribution in [-0.2, 0) is 6.54 Å². The summed E-state index contributed by atoms with van der Waals surface area (Å²) in [5.41, 5.74) is 4.84. The number of amides is 1. The van der Waals surface area contributed by atoms with E-state index >= 15 is 0 Å². The van der Waals surface area contributed by atoms with Gasteiger partial charge in [-0.15, -0.1) is 0 Å². The second-order valence-electron chi connectivity index (χ2n) is 6.25. The van der Waals surface area contributed by atoms with E-state index in [1.54, 1.807) is 19.9 Å². The number of rotatable bonds is 5. The van der Waals surface area contributed by atoms with Gasteiger partial charge in [-0.3, -0.25) is 19.8 Å². The van der Waals surface area contributed by atoms with Gasteiger partial charge in [0.15, 0.2) is 0 Å². The molecule has 0 aliphatic carbocycles. The summed E-state index contributed by atoms with van der Waals surface area (Å²) in [4.78, 5) is 24.0. The number of nitro groups is 1. The molecule has 0 bridgehead atoms. The fraction of sp³-hybridized carbons (Fsp3) is 0.533. The molecule has 3 N–H and O–H groups in total. The molecule has 1 heterocycles. The molecule has 1 aromatic rings. The van der Waals surface area contributed by atoms with Gasteiger partial charge in [0.2, 0.25) is 5.91 Å². The molecule has 1 aromatic carbocycles. The van der Waals surface area contributed by atoms with Crippen LogP contribution in [0.5, 0.6) is 0 Å². The third kappa shape index (κ3) is 3.42. The number of carbonyl (C=O) groups is 1. The van der Waals surface area contributed by atoms with E-state index in [4.69, 9.17) is 5.73 Å². The summed E-state index contributed by atoms with van der Waals surface area (Å²) in [7, 11) is 0. The molecule has 1 aliphatic heterocycles. The van der Waals surface area contributed by atoms with Crippen molar-refractivity contribution in [3.05, 3.63) is 39.4 Å². The lowest BCUT2D eigenvalue weighted by Gasteiger charge is -2.33. The molecule has 1 atom stereocenters. The third-order valence-corrected chi connectivity index (χ3v) is 4.12. The van der Waals surface area contributed by atoms with Gasteiger partial charge in [-0.25, -0.2) is 0 Å². The van der Waals surface area contributed by atoms with Gasteiger partial charge < -0.3 is 10.8 Å². The molecule has 0 spiro atoms. The van der Waals surface area contributed by atoms with Crippen LogP contribution in [0.2, 0.25) is 0 Å². The summed E-state index contributed by atoms with van der Waals surface area (Å²) in [6.07, 6.45) is 1.80. The molecular formula is C15H21N3O4. The Kier molecular flexibility index (Phi) is 4.48. The highest BCUT2D eigenvalue weighted by Gasteiger charge is 2.36. The molecule has 0 radical (unpaired) electrons. The summed E-state index contributed by atoms with van der Waals surface area (Å²) in [6.45, 7) is 4.65. The van der Waals surface area contributed by atoms with Crippen molar-refractivity contribution in [2.45, 2.75) is 44.9 Å². The molecule has 1 fully saturated rings. The topological polar surface area (TPSA) is 110 Å². The van der Waals surface area contributed by atoms with Crippen molar-refractivity contribution in [2.24, 2.45) is 5.73 Å². The normalized spacial score (nSPS) is 19.3. The van der Waals surface area contributed by atoms with Crippen LogP contribution in [0.3, 0.4) is 0 Å². The highest BCUT2D eigenvalue weighted by Crippen LogP contribution is 2.30. The number of primary amides is 1. The zero-order valence-electron chi connectivity index (χ0n) is 12.8. The fourth-order valence-corrected chi connectivity index (χ4v) is 3.05. The van der Waals surface area contributed by atoms with Crippen molar-refractivity contribution in [3.63, 3.8) is 0 Å². The van der Waals surface area contributed by atoms with Gasteiger partial charge in [-0.1, -0.05) is 6.07 Å². The van der Waals surface area contributed by atoms with Crippen LogP contribution in [0.15, 0.2) is 18.2 Å². The first-order valence-corrected chi connectivity index (χ1v) is 7.23. The zero-order chi connectivity index (χ0) is 16.5. The summed E-state index contributed by atoms with van der Waals surface area (Å²) in [5, 5.41) is 21.5. The second-order valence-corrected chi connectivity index (χ2v) is 6.25. The lowest BCUT2D eigenvalue weighted by molar-refractivity contribution is -0.385. The fourth-order valence-electron chi connectivity index (χ4n) is 3.05. The quantitative estimate of drug-likeness (QED) is 0.631. The summed E-state index contributed by atoms with van der Waals surface area (Å²) in [6, 6.07) is 4.24. The summed E-state index contributed by atoms with van der Waals surface area (Å²) in [5.74, 6) is -0.690. The lowest BCUT2D eigenvalue weighted by Crippen LogP contribution is -2.45. The van der Waals surface area contributed by atoms with Crippen molar-refractivity contribution in [3.8, 4) is 0 Å². The maximum absolute atomic E-state index is 11.2. The number of nitrogens with zero attached hydrogens (tertiary/aromatic N) is 2. The minimum atomic E-state index is -0.863. The van der Waals surface area contributed by atoms with Crippen LogP contribution in [0.25, 0.3) is 0 Å². The number of hydrogen-bond acceptors (Lipinski definition) is 5. The molecule has 120 valence electrons. The van der Waals surface area contributed by atoms with Crippen molar-refractivity contribution in [2.75, 3.05) is 6.54 Å². The monoisotopic (exact) mass is 307 g/mol. The van der Waals surface area contributed by atoms with E-state index in [0.717, 1.165) is 19.4 Å². The molecule has 0 aromatic heterocycles. The first kappa shape index (κ1) is 16.4. The Balaban J connectivity index is 2.29. The van der Waals surface area contributed by atoms with Crippen LogP contribution in [0, 0.1) is 10.1 Å². The van der Waals surface area contributed by atoms with Gasteiger partial charge in [0.1, 0.15) is 0 Å². The smallest absolute Gasteiger partial charge is 0.274 e. The summed E-state index contributed by atoms with van der Waals surface area (Å²) >= 11 is 0. The van der Waals surface area contributed by atoms with E-state index in [1.807, 2.05) is 4.90 Å². The Morgan fingerprint density at radius 1 is 1.55 bits per heavy atom. The number of nitro benzene ring substituents is 1. The SMILES string of the molecule is CC(C)(O)C1CCCN1Cc1ccc(C(N)=O)cc1[N+](=O)[O-]. The largest absolute Gasteiger partial charge is 0.389 e. The molecule has 1 amide bonds. The number of benzene rings is 1. The molecule has 0 saturated carbocycles. The Labute approximate surface area is 128 Å². The van der Waals surface area contributed by atoms with Crippen LogP contribution in [0.1, 0.15) is 42.6 Å². The standard InChI is InChI=1S/C15H21N3O4/c1-15(2,20)13-4-3-7-17(13)9-11-6-5-10(14(16)19)8-12(11)18(21)22/h5-6,8,13,20H,3-4,7,9H2,1-2H3,(H2,16,19). The molecular weight excluding hydrogens is 286 g/mol. The van der Waals surface area contributed by atoms with Gasteiger partial charge in [-0.05, 0) is 39.3 Å². The molecule has 1 unspecified atom stereocenters. The molecule has 2 rings (SSSR count). The average molecular weight is 307 g/mol. The number of nitrogens with two attached hydrogens (primary N) is 1. The van der Waals surface area contributed by atoms with Crippen LogP contribution in [0.4, 0.5) is 5.69 Å². The van der Waals surface area contributed by atoms with Gasteiger partial charge in [0.25, 0.3) is 5.69 Å². The van der Waals surface area contributed by atoms with Crippen molar-refractivity contribution in [1.29, 1.82) is 0 Å². The number of hydrogen-bond donors (Lipinski definition) is 2. The minimum absolute atomic E-state index is 0.0390. The first-order chi connectivity index (χ1) is 10.2. The van der Waals surface area contributed by atoms with E-state index in [-0.39, 0.29) is 17.3 Å². The predicted molar refractivity (Wildman–Crippen MR) is 81.3 cm³/mol. The Hall–Kier alpha value is -1.99. The van der Waals surface area contributed by atoms with Gasteiger partial charge in [0, 0.05) is 29.8 Å². The first-order valence-electron chi connectivity index (χ1n) is 7.23. The molecule has 1 aliphatic rings. The van der Waals surface area contributed by atoms with E-state index < -0.39 is 16.4 Å². The Morgan fingerprint density at radius 3 is 2.77 bits per heavy atom. The van der Waals surface area contributed by atoms with Crippen LogP contribution in [-0.4, -0.2) is 39.0 Å². The molecule has 7 nitrogen and oxygen atoms in total. The highest BCUT2D eigenvalue weighted by molar-refractivity contribution is 5.93. The maximum atomic E-state index is 11.2. The van der Waals surface area contributed by atoms with E-state index in [9.17, 15) is 20.0 Å². The van der Waals surface area contributed by atoms with Crippen molar-refractivity contribution in [1.82, 2.24) is 4.90 Å². The van der Waals surface area contributed by atoms with Crippen LogP contribution >= 0.6 is 0 Å². The average Bonchev–Trinajstić information content (AvgIpc) is 2.86. The predicted octanol–water partition coefficient (Wildman–Crippen LogP) is 1.43. The molecule has 22 heavy (non-hydrogen) atoms. The maximum Gasteiger partial charge on any atom is 0.274 e. The number of aliphatic hydroxyl groups is 1. The van der Waals surface area contributed by atoms with Gasteiger partial charge in [0.05, 0.1) is 10.5 Å². The lowest BCUT2D eigenvalue weighted by atomic mass is 9.96. The van der Waals surface area contributed by atoms with Gasteiger partial charge >= 0.3 is 0 Å². The molecule has 7 heteroatoms. The Morgan fingerprint density at radius 2 is 2.23 bits per heavy atom. The van der Waals surface area contributed by atoms with E-state index in [1.165, 1.54) is 12.1 Å². The minimum Gasteiger partial charge on any atom is -0.389 e. The zero-order valence-corrected chi connectivity index (χ0v) is 12.8. The highest BCUT2D eigenvalue weighted by atomic mass is 16.6. The third-order valence-electron chi connectivity index (χ3n) is 4.12. The van der Waals surface area contributed by atoms with E-state index in [0.29, 0.717) is 12.1 Å². The second kappa shape index (κ2) is 6.02. The van der Waals surface area contributed by atoms with Crippen molar-refractivity contribution >= 4 is 11.6 Å². The van der Waals surface area contributed by atoms with Crippen LogP contribution < -0.4 is 5.73 Å². The number of likely N-dealkylation sites (tertiary alicyclic amines) is 1.